The molecule has 0 radical (unpaired) electrons. The Morgan fingerprint density at radius 1 is 1.50 bits per heavy atom. The van der Waals surface area contributed by atoms with Gasteiger partial charge in [0.1, 0.15) is 0 Å². The van der Waals surface area contributed by atoms with E-state index < -0.39 is 10.9 Å². The molecule has 20 heavy (non-hydrogen) atoms. The van der Waals surface area contributed by atoms with E-state index in [0.29, 0.717) is 6.54 Å². The lowest BCUT2D eigenvalue weighted by Gasteiger charge is -2.06. The van der Waals surface area contributed by atoms with Crippen LogP contribution in [0.25, 0.3) is 0 Å². The first-order valence-corrected chi connectivity index (χ1v) is 7.00. The molecule has 9 heteroatoms. The van der Waals surface area contributed by atoms with E-state index in [1.807, 2.05) is 11.4 Å². The van der Waals surface area contributed by atoms with Gasteiger partial charge in [-0.25, -0.2) is 9.78 Å². The van der Waals surface area contributed by atoms with Crippen molar-refractivity contribution < 1.29 is 14.8 Å². The van der Waals surface area contributed by atoms with Gasteiger partial charge in [-0.2, -0.15) is 0 Å². The number of carboxylic acid groups (broad SMARTS) is 1. The summed E-state index contributed by atoms with van der Waals surface area (Å²) in [5.41, 5.74) is -0.508. The van der Waals surface area contributed by atoms with Gasteiger partial charge in [0.2, 0.25) is 5.82 Å². The molecule has 2 heterocycles. The second-order valence-electron chi connectivity index (χ2n) is 3.67. The predicted octanol–water partition coefficient (Wildman–Crippen LogP) is 3.12. The van der Waals surface area contributed by atoms with Gasteiger partial charge in [0, 0.05) is 15.4 Å². The minimum Gasteiger partial charge on any atom is -0.477 e. The minimum atomic E-state index is -1.24. The predicted molar refractivity (Wildman–Crippen MR) is 77.2 cm³/mol. The van der Waals surface area contributed by atoms with E-state index in [1.165, 1.54) is 11.3 Å². The molecule has 0 fully saturated rings. The van der Waals surface area contributed by atoms with Crippen LogP contribution < -0.4 is 5.32 Å². The van der Waals surface area contributed by atoms with Crippen LogP contribution in [0.2, 0.25) is 0 Å². The smallest absolute Gasteiger partial charge is 0.354 e. The molecule has 2 aromatic rings. The lowest BCUT2D eigenvalue weighted by molar-refractivity contribution is -0.384. The van der Waals surface area contributed by atoms with Crippen molar-refractivity contribution in [3.05, 3.63) is 48.7 Å². The molecule has 0 aliphatic carbocycles. The van der Waals surface area contributed by atoms with Gasteiger partial charge >= 0.3 is 11.7 Å². The molecule has 0 aliphatic rings. The van der Waals surface area contributed by atoms with Gasteiger partial charge in [0.05, 0.1) is 11.5 Å². The van der Waals surface area contributed by atoms with E-state index in [2.05, 4.69) is 26.2 Å². The van der Waals surface area contributed by atoms with Crippen molar-refractivity contribution in [1.29, 1.82) is 0 Å². The van der Waals surface area contributed by atoms with Crippen molar-refractivity contribution in [2.45, 2.75) is 6.54 Å². The number of anilines is 1. The van der Waals surface area contributed by atoms with Crippen LogP contribution in [0, 0.1) is 10.1 Å². The highest BCUT2D eigenvalue weighted by Gasteiger charge is 2.18. The highest BCUT2D eigenvalue weighted by Crippen LogP contribution is 2.26. The molecule has 2 aromatic heterocycles. The highest BCUT2D eigenvalue weighted by molar-refractivity contribution is 9.10. The Bertz CT molecular complexity index is 673. The van der Waals surface area contributed by atoms with E-state index in [0.717, 1.165) is 21.5 Å². The summed E-state index contributed by atoms with van der Waals surface area (Å²) in [6, 6.07) is 4.09. The Hall–Kier alpha value is -2.00. The topological polar surface area (TPSA) is 105 Å². The number of aromatic nitrogens is 1. The van der Waals surface area contributed by atoms with Crippen molar-refractivity contribution in [3.8, 4) is 0 Å². The fourth-order valence-electron chi connectivity index (χ4n) is 1.46. The Morgan fingerprint density at radius 3 is 2.80 bits per heavy atom. The summed E-state index contributed by atoms with van der Waals surface area (Å²) in [7, 11) is 0. The molecular weight excluding hydrogens is 350 g/mol. The van der Waals surface area contributed by atoms with E-state index in [9.17, 15) is 14.9 Å². The van der Waals surface area contributed by atoms with Crippen molar-refractivity contribution in [1.82, 2.24) is 4.98 Å². The average Bonchev–Trinajstić information content (AvgIpc) is 2.81. The normalized spacial score (nSPS) is 10.2. The van der Waals surface area contributed by atoms with E-state index in [4.69, 9.17) is 5.11 Å². The number of nitrogens with one attached hydrogen (secondary N) is 1. The van der Waals surface area contributed by atoms with Gasteiger partial charge in [0.15, 0.2) is 5.69 Å². The van der Waals surface area contributed by atoms with E-state index >= 15 is 0 Å². The second kappa shape index (κ2) is 5.97. The number of carbonyl (C=O) groups is 1. The first-order valence-electron chi connectivity index (χ1n) is 5.33. The van der Waals surface area contributed by atoms with Gasteiger partial charge in [-0.15, -0.1) is 11.3 Å². The van der Waals surface area contributed by atoms with Gasteiger partial charge in [0.25, 0.3) is 0 Å². The Kier molecular flexibility index (Phi) is 4.30. The summed E-state index contributed by atoms with van der Waals surface area (Å²) in [5.74, 6) is -1.30. The van der Waals surface area contributed by atoms with Gasteiger partial charge in [-0.3, -0.25) is 10.1 Å². The molecule has 2 N–H and O–H groups in total. The summed E-state index contributed by atoms with van der Waals surface area (Å²) in [5, 5.41) is 24.4. The zero-order chi connectivity index (χ0) is 14.7. The number of hydrogen-bond donors (Lipinski definition) is 2. The number of rotatable bonds is 5. The molecule has 0 saturated heterocycles. The van der Waals surface area contributed by atoms with Crippen LogP contribution in [0.5, 0.6) is 0 Å². The third-order valence-corrected chi connectivity index (χ3v) is 4.32. The van der Waals surface area contributed by atoms with Gasteiger partial charge in [-0.1, -0.05) is 0 Å². The number of aromatic carboxylic acids is 1. The summed E-state index contributed by atoms with van der Waals surface area (Å²) >= 11 is 4.82. The van der Waals surface area contributed by atoms with Crippen LogP contribution in [0.4, 0.5) is 11.5 Å². The summed E-state index contributed by atoms with van der Waals surface area (Å²) in [6.07, 6.45) is 0. The maximum Gasteiger partial charge on any atom is 0.354 e. The lowest BCUT2D eigenvalue weighted by Crippen LogP contribution is -2.08. The Balaban J connectivity index is 2.28. The maximum atomic E-state index is 10.9. The molecular formula is C11H8BrN3O4S. The number of pyridine rings is 1. The monoisotopic (exact) mass is 357 g/mol. The summed E-state index contributed by atoms with van der Waals surface area (Å²) < 4.78 is 0.882. The van der Waals surface area contributed by atoms with E-state index in [-0.39, 0.29) is 17.2 Å². The number of nitro groups is 1. The molecule has 2 rings (SSSR count). The van der Waals surface area contributed by atoms with Gasteiger partial charge in [-0.05, 0) is 33.4 Å². The van der Waals surface area contributed by atoms with Crippen LogP contribution in [-0.2, 0) is 6.54 Å². The summed E-state index contributed by atoms with van der Waals surface area (Å²) in [4.78, 5) is 25.8. The third-order valence-electron chi connectivity index (χ3n) is 2.40. The fourth-order valence-corrected chi connectivity index (χ4v) is 2.90. The van der Waals surface area contributed by atoms with Crippen molar-refractivity contribution in [3.63, 3.8) is 0 Å². The molecule has 0 amide bonds. The number of halogens is 1. The Labute approximate surface area is 125 Å². The number of carboxylic acids is 1. The zero-order valence-electron chi connectivity index (χ0n) is 9.87. The molecule has 0 aromatic carbocycles. The second-order valence-corrected chi connectivity index (χ2v) is 5.53. The zero-order valence-corrected chi connectivity index (χ0v) is 12.3. The van der Waals surface area contributed by atoms with Crippen molar-refractivity contribution in [2.24, 2.45) is 0 Å². The molecule has 104 valence electrons. The third kappa shape index (κ3) is 3.11. The molecule has 0 unspecified atom stereocenters. The fraction of sp³-hybridized carbons (Fsp3) is 0.0909. The maximum absolute atomic E-state index is 10.9. The van der Waals surface area contributed by atoms with Gasteiger partial charge < -0.3 is 10.4 Å². The molecule has 0 aliphatic heterocycles. The lowest BCUT2D eigenvalue weighted by atomic mass is 10.3. The van der Waals surface area contributed by atoms with Crippen molar-refractivity contribution >= 4 is 44.7 Å². The summed E-state index contributed by atoms with van der Waals surface area (Å²) in [6.45, 7) is 0.315. The molecule has 7 nitrogen and oxygen atoms in total. The molecule has 0 spiro atoms. The van der Waals surface area contributed by atoms with E-state index in [1.54, 1.807) is 0 Å². The largest absolute Gasteiger partial charge is 0.477 e. The van der Waals surface area contributed by atoms with Crippen molar-refractivity contribution in [2.75, 3.05) is 5.32 Å². The average molecular weight is 358 g/mol. The number of hydrogen-bond acceptors (Lipinski definition) is 6. The van der Waals surface area contributed by atoms with Crippen LogP contribution in [0.15, 0.2) is 28.1 Å². The molecule has 0 atom stereocenters. The van der Waals surface area contributed by atoms with Crippen LogP contribution in [0.3, 0.4) is 0 Å². The Morgan fingerprint density at radius 2 is 2.25 bits per heavy atom. The van der Waals surface area contributed by atoms with Crippen LogP contribution in [-0.4, -0.2) is 21.0 Å². The minimum absolute atomic E-state index is 0.0600. The highest BCUT2D eigenvalue weighted by atomic mass is 79.9. The van der Waals surface area contributed by atoms with Crippen LogP contribution in [0.1, 0.15) is 15.4 Å². The first kappa shape index (κ1) is 14.4. The standard InChI is InChI=1S/C11H8BrN3O4S/c12-6-3-4-20-9(6)5-13-10-8(15(18)19)2-1-7(14-10)11(16)17/h1-4H,5H2,(H,13,14)(H,16,17). The van der Waals surface area contributed by atoms with Crippen LogP contribution >= 0.6 is 27.3 Å². The number of nitrogens with zero attached hydrogens (tertiary/aromatic N) is 2. The molecule has 0 bridgehead atoms. The number of thiophene rings is 1. The molecule has 0 saturated carbocycles. The SMILES string of the molecule is O=C(O)c1ccc([N+](=O)[O-])c(NCc2sccc2Br)n1. The first-order chi connectivity index (χ1) is 9.49. The quantitative estimate of drug-likeness (QED) is 0.628.